The van der Waals surface area contributed by atoms with E-state index < -0.39 is 11.7 Å². The first-order valence-electron chi connectivity index (χ1n) is 10.4. The molecule has 0 aliphatic carbocycles. The van der Waals surface area contributed by atoms with E-state index in [-0.39, 0.29) is 5.69 Å². The molecule has 3 rings (SSSR count). The zero-order valence-corrected chi connectivity index (χ0v) is 18.9. The molecule has 0 radical (unpaired) electrons. The van der Waals surface area contributed by atoms with Crippen LogP contribution in [0.4, 0.5) is 24.8 Å². The number of aryl methyl sites for hydroxylation is 1. The molecule has 31 heavy (non-hydrogen) atoms. The molecule has 0 saturated heterocycles. The minimum Gasteiger partial charge on any atom is -0.495 e. The molecule has 8 heteroatoms. The normalized spacial score (nSPS) is 12.0. The SMILES string of the molecule is CCCC(CCC)c1ccc(Cl)c2nc(Nc3cc(C(F)(F)F)ccc3OC)n(C)c12. The molecule has 2 aromatic carbocycles. The van der Waals surface area contributed by atoms with Crippen molar-refractivity contribution in [1.82, 2.24) is 9.55 Å². The zero-order valence-electron chi connectivity index (χ0n) is 18.1. The van der Waals surface area contributed by atoms with E-state index in [0.29, 0.717) is 28.2 Å². The number of hydrogen-bond donors (Lipinski definition) is 1. The van der Waals surface area contributed by atoms with E-state index in [1.165, 1.54) is 13.2 Å². The van der Waals surface area contributed by atoms with Crippen LogP contribution in [0.25, 0.3) is 11.0 Å². The van der Waals surface area contributed by atoms with Gasteiger partial charge in [-0.15, -0.1) is 0 Å². The van der Waals surface area contributed by atoms with Crippen LogP contribution in [-0.2, 0) is 13.2 Å². The quantitative estimate of drug-likeness (QED) is 0.380. The molecule has 168 valence electrons. The van der Waals surface area contributed by atoms with Gasteiger partial charge in [0.2, 0.25) is 5.95 Å². The summed E-state index contributed by atoms with van der Waals surface area (Å²) in [5, 5.41) is 3.52. The summed E-state index contributed by atoms with van der Waals surface area (Å²) < 4.78 is 46.8. The molecule has 0 aliphatic heterocycles. The number of rotatable bonds is 8. The van der Waals surface area contributed by atoms with Crippen LogP contribution < -0.4 is 10.1 Å². The summed E-state index contributed by atoms with van der Waals surface area (Å²) in [5.41, 5.74) is 2.11. The van der Waals surface area contributed by atoms with Crippen LogP contribution in [0.2, 0.25) is 5.02 Å². The van der Waals surface area contributed by atoms with Crippen LogP contribution in [0.1, 0.15) is 56.6 Å². The number of anilines is 2. The molecule has 1 heterocycles. The van der Waals surface area contributed by atoms with Crippen molar-refractivity contribution in [2.45, 2.75) is 51.6 Å². The maximum atomic E-state index is 13.2. The lowest BCUT2D eigenvalue weighted by Gasteiger charge is -2.18. The van der Waals surface area contributed by atoms with Crippen LogP contribution in [0.3, 0.4) is 0 Å². The molecule has 0 fully saturated rings. The van der Waals surface area contributed by atoms with Crippen LogP contribution in [0.5, 0.6) is 5.75 Å². The molecule has 3 aromatic rings. The van der Waals surface area contributed by atoms with Crippen molar-refractivity contribution in [2.75, 3.05) is 12.4 Å². The lowest BCUT2D eigenvalue weighted by molar-refractivity contribution is -0.137. The minimum absolute atomic E-state index is 0.187. The minimum atomic E-state index is -4.46. The molecule has 0 saturated carbocycles. The second kappa shape index (κ2) is 9.39. The summed E-state index contributed by atoms with van der Waals surface area (Å²) in [7, 11) is 3.25. The predicted octanol–water partition coefficient (Wildman–Crippen LogP) is 7.68. The van der Waals surface area contributed by atoms with Crippen molar-refractivity contribution in [3.63, 3.8) is 0 Å². The van der Waals surface area contributed by atoms with Crippen molar-refractivity contribution in [2.24, 2.45) is 7.05 Å². The Balaban J connectivity index is 2.12. The average molecular weight is 454 g/mol. The number of methoxy groups -OCH3 is 1. The smallest absolute Gasteiger partial charge is 0.416 e. The van der Waals surface area contributed by atoms with Crippen molar-refractivity contribution < 1.29 is 17.9 Å². The maximum Gasteiger partial charge on any atom is 0.416 e. The van der Waals surface area contributed by atoms with Gasteiger partial charge in [-0.05, 0) is 48.6 Å². The van der Waals surface area contributed by atoms with E-state index in [0.717, 1.165) is 48.9 Å². The number of nitrogens with zero attached hydrogens (tertiary/aromatic N) is 2. The van der Waals surface area contributed by atoms with Crippen LogP contribution in [0, 0.1) is 0 Å². The Labute approximate surface area is 185 Å². The molecule has 1 aromatic heterocycles. The number of imidazole rings is 1. The van der Waals surface area contributed by atoms with Gasteiger partial charge in [0.25, 0.3) is 0 Å². The van der Waals surface area contributed by atoms with E-state index in [2.05, 4.69) is 24.1 Å². The van der Waals surface area contributed by atoms with Crippen LogP contribution in [-0.4, -0.2) is 16.7 Å². The highest BCUT2D eigenvalue weighted by atomic mass is 35.5. The maximum absolute atomic E-state index is 13.2. The standard InChI is InChI=1S/C23H27ClF3N3O/c1-5-7-14(8-6-2)16-10-11-17(24)20-21(16)30(3)22(29-20)28-18-13-15(23(25,26)27)9-12-19(18)31-4/h9-14H,5-8H2,1-4H3,(H,28,29). The third kappa shape index (κ3) is 4.76. The molecule has 1 N–H and O–H groups in total. The van der Waals surface area contributed by atoms with Gasteiger partial charge in [0.1, 0.15) is 11.3 Å². The first-order chi connectivity index (χ1) is 14.7. The highest BCUT2D eigenvalue weighted by Crippen LogP contribution is 2.39. The number of halogens is 4. The number of hydrogen-bond acceptors (Lipinski definition) is 3. The van der Waals surface area contributed by atoms with E-state index in [9.17, 15) is 13.2 Å². The van der Waals surface area contributed by atoms with Crippen LogP contribution >= 0.6 is 11.6 Å². The Morgan fingerprint density at radius 3 is 2.39 bits per heavy atom. The summed E-state index contributed by atoms with van der Waals surface area (Å²) in [6, 6.07) is 7.20. The summed E-state index contributed by atoms with van der Waals surface area (Å²) >= 11 is 6.44. The highest BCUT2D eigenvalue weighted by Gasteiger charge is 2.31. The van der Waals surface area contributed by atoms with Crippen molar-refractivity contribution in [3.05, 3.63) is 46.5 Å². The summed E-state index contributed by atoms with van der Waals surface area (Å²) in [4.78, 5) is 4.62. The average Bonchev–Trinajstić information content (AvgIpc) is 3.05. The van der Waals surface area contributed by atoms with Gasteiger partial charge in [-0.25, -0.2) is 4.98 Å². The number of benzene rings is 2. The van der Waals surface area contributed by atoms with Gasteiger partial charge in [0, 0.05) is 7.05 Å². The number of aromatic nitrogens is 2. The summed E-state index contributed by atoms with van der Waals surface area (Å²) in [6.07, 6.45) is -0.267. The molecule has 0 aliphatic rings. The Bertz CT molecular complexity index is 1060. The molecular weight excluding hydrogens is 427 g/mol. The monoisotopic (exact) mass is 453 g/mol. The Kier molecular flexibility index (Phi) is 7.04. The first kappa shape index (κ1) is 23.3. The third-order valence-electron chi connectivity index (χ3n) is 5.49. The lowest BCUT2D eigenvalue weighted by Crippen LogP contribution is -2.07. The number of ether oxygens (including phenoxy) is 1. The highest BCUT2D eigenvalue weighted by molar-refractivity contribution is 6.35. The number of alkyl halides is 3. The fourth-order valence-electron chi connectivity index (χ4n) is 4.01. The topological polar surface area (TPSA) is 39.1 Å². The predicted molar refractivity (Wildman–Crippen MR) is 120 cm³/mol. The van der Waals surface area contributed by atoms with Gasteiger partial charge in [0.05, 0.1) is 28.9 Å². The Morgan fingerprint density at radius 1 is 1.13 bits per heavy atom. The Hall–Kier alpha value is -2.41. The van der Waals surface area contributed by atoms with Crippen molar-refractivity contribution in [3.8, 4) is 5.75 Å². The number of nitrogens with one attached hydrogen (secondary N) is 1. The molecule has 0 spiro atoms. The zero-order chi connectivity index (χ0) is 22.8. The molecule has 0 atom stereocenters. The van der Waals surface area contributed by atoms with Crippen molar-refractivity contribution >= 4 is 34.3 Å². The fourth-order valence-corrected chi connectivity index (χ4v) is 4.21. The van der Waals surface area contributed by atoms with Gasteiger partial charge < -0.3 is 14.6 Å². The van der Waals surface area contributed by atoms with Gasteiger partial charge >= 0.3 is 6.18 Å². The number of fused-ring (bicyclic) bond motifs is 1. The summed E-state index contributed by atoms with van der Waals surface area (Å²) in [5.74, 6) is 1.05. The largest absolute Gasteiger partial charge is 0.495 e. The van der Waals surface area contributed by atoms with Gasteiger partial charge in [0.15, 0.2) is 0 Å². The molecule has 4 nitrogen and oxygen atoms in total. The van der Waals surface area contributed by atoms with Gasteiger partial charge in [-0.3, -0.25) is 0 Å². The third-order valence-corrected chi connectivity index (χ3v) is 5.80. The van der Waals surface area contributed by atoms with E-state index in [4.69, 9.17) is 16.3 Å². The lowest BCUT2D eigenvalue weighted by atomic mass is 9.89. The van der Waals surface area contributed by atoms with Gasteiger partial charge in [-0.1, -0.05) is 44.4 Å². The summed E-state index contributed by atoms with van der Waals surface area (Å²) in [6.45, 7) is 4.32. The molecule has 0 bridgehead atoms. The fraction of sp³-hybridized carbons (Fsp3) is 0.435. The Morgan fingerprint density at radius 2 is 1.81 bits per heavy atom. The molecule has 0 amide bonds. The van der Waals surface area contributed by atoms with Crippen LogP contribution in [0.15, 0.2) is 30.3 Å². The second-order valence-corrected chi connectivity index (χ2v) is 8.05. The second-order valence-electron chi connectivity index (χ2n) is 7.64. The van der Waals surface area contributed by atoms with E-state index in [1.54, 1.807) is 0 Å². The van der Waals surface area contributed by atoms with Crippen molar-refractivity contribution in [1.29, 1.82) is 0 Å². The van der Waals surface area contributed by atoms with E-state index >= 15 is 0 Å². The molecular formula is C23H27ClF3N3O. The van der Waals surface area contributed by atoms with Gasteiger partial charge in [-0.2, -0.15) is 13.2 Å². The molecule has 0 unspecified atom stereocenters. The first-order valence-corrected chi connectivity index (χ1v) is 10.8. The van der Waals surface area contributed by atoms with E-state index in [1.807, 2.05) is 23.7 Å².